The topological polar surface area (TPSA) is 29.1 Å². The largest absolute Gasteiger partial charge is 0.353 e. The number of rotatable bonds is 8. The van der Waals surface area contributed by atoms with Crippen LogP contribution in [0.5, 0.6) is 0 Å². The molecule has 0 saturated carbocycles. The lowest BCUT2D eigenvalue weighted by molar-refractivity contribution is -0.119. The lowest BCUT2D eigenvalue weighted by Crippen LogP contribution is -2.30. The van der Waals surface area contributed by atoms with Gasteiger partial charge in [0.15, 0.2) is 0 Å². The van der Waals surface area contributed by atoms with Crippen molar-refractivity contribution in [1.29, 1.82) is 0 Å². The Kier molecular flexibility index (Phi) is 6.22. The molecule has 0 radical (unpaired) electrons. The fourth-order valence-corrected chi connectivity index (χ4v) is 4.26. The van der Waals surface area contributed by atoms with E-state index in [-0.39, 0.29) is 5.91 Å². The molecule has 1 heterocycles. The Morgan fingerprint density at radius 3 is 2.42 bits per heavy atom. The van der Waals surface area contributed by atoms with Crippen molar-refractivity contribution in [1.82, 2.24) is 5.32 Å². The van der Waals surface area contributed by atoms with Gasteiger partial charge in [0.1, 0.15) is 0 Å². The van der Waals surface area contributed by atoms with Crippen LogP contribution in [0, 0.1) is 10.8 Å². The van der Waals surface area contributed by atoms with Crippen LogP contribution in [0.3, 0.4) is 0 Å². The summed E-state index contributed by atoms with van der Waals surface area (Å²) in [6.07, 6.45) is 5.51. The third-order valence-corrected chi connectivity index (χ3v) is 6.11. The smallest absolute Gasteiger partial charge is 0.220 e. The second-order valence-corrected chi connectivity index (χ2v) is 8.21. The Labute approximate surface area is 123 Å². The maximum absolute atomic E-state index is 11.2. The van der Waals surface area contributed by atoms with Gasteiger partial charge in [0.2, 0.25) is 5.91 Å². The molecule has 0 aliphatic carbocycles. The Hall–Kier alpha value is -0.180. The lowest BCUT2D eigenvalue weighted by atomic mass is 9.72. The average molecular weight is 285 g/mol. The number of thioether (sulfide) groups is 1. The standard InChI is InChI=1S/C16H31NOS/c1-6-15(3,4)11-16(5,7-2)12-19-10-13-8-9-14(18)17-13/h13H,6-12H2,1-5H3,(H,17,18)/t13-,16?/m0/s1. The molecule has 2 nitrogen and oxygen atoms in total. The zero-order valence-corrected chi connectivity index (χ0v) is 14.2. The van der Waals surface area contributed by atoms with Crippen LogP contribution in [0.1, 0.15) is 66.7 Å². The maximum Gasteiger partial charge on any atom is 0.220 e. The van der Waals surface area contributed by atoms with E-state index < -0.39 is 0 Å². The van der Waals surface area contributed by atoms with Crippen LogP contribution in [0.25, 0.3) is 0 Å². The van der Waals surface area contributed by atoms with Gasteiger partial charge in [0.25, 0.3) is 0 Å². The molecule has 0 spiro atoms. The van der Waals surface area contributed by atoms with Crippen LogP contribution in [0.4, 0.5) is 0 Å². The summed E-state index contributed by atoms with van der Waals surface area (Å²) in [5.41, 5.74) is 0.861. The number of hydrogen-bond acceptors (Lipinski definition) is 2. The van der Waals surface area contributed by atoms with Gasteiger partial charge in [-0.2, -0.15) is 11.8 Å². The van der Waals surface area contributed by atoms with Gasteiger partial charge in [-0.15, -0.1) is 0 Å². The van der Waals surface area contributed by atoms with Crippen molar-refractivity contribution >= 4 is 17.7 Å². The van der Waals surface area contributed by atoms with Crippen LogP contribution in [0.15, 0.2) is 0 Å². The minimum atomic E-state index is 0.232. The first-order valence-electron chi connectivity index (χ1n) is 7.67. The molecule has 0 aromatic heterocycles. The van der Waals surface area contributed by atoms with Crippen LogP contribution >= 0.6 is 11.8 Å². The Balaban J connectivity index is 2.36. The first-order valence-corrected chi connectivity index (χ1v) is 8.83. The number of hydrogen-bond donors (Lipinski definition) is 1. The van der Waals surface area contributed by atoms with Crippen molar-refractivity contribution in [2.75, 3.05) is 11.5 Å². The highest BCUT2D eigenvalue weighted by Crippen LogP contribution is 2.40. The second kappa shape index (κ2) is 7.01. The summed E-state index contributed by atoms with van der Waals surface area (Å²) in [6, 6.07) is 0.415. The van der Waals surface area contributed by atoms with E-state index in [1.807, 2.05) is 11.8 Å². The predicted octanol–water partition coefficient (Wildman–Crippen LogP) is 4.24. The van der Waals surface area contributed by atoms with E-state index in [2.05, 4.69) is 39.9 Å². The van der Waals surface area contributed by atoms with E-state index in [0.29, 0.717) is 16.9 Å². The minimum absolute atomic E-state index is 0.232. The van der Waals surface area contributed by atoms with Crippen molar-refractivity contribution in [3.8, 4) is 0 Å². The lowest BCUT2D eigenvalue weighted by Gasteiger charge is -2.36. The van der Waals surface area contributed by atoms with Crippen LogP contribution in [-0.4, -0.2) is 23.5 Å². The molecule has 0 aromatic rings. The molecule has 0 bridgehead atoms. The quantitative estimate of drug-likeness (QED) is 0.722. The molecule has 1 aliphatic heterocycles. The summed E-state index contributed by atoms with van der Waals surface area (Å²) in [5.74, 6) is 2.52. The van der Waals surface area contributed by atoms with Crippen LogP contribution in [0.2, 0.25) is 0 Å². The zero-order chi connectivity index (χ0) is 14.5. The van der Waals surface area contributed by atoms with Gasteiger partial charge >= 0.3 is 0 Å². The predicted molar refractivity (Wildman–Crippen MR) is 85.6 cm³/mol. The first-order chi connectivity index (χ1) is 8.80. The molecule has 0 aromatic carbocycles. The van der Waals surface area contributed by atoms with Gasteiger partial charge in [0, 0.05) is 18.2 Å². The second-order valence-electron chi connectivity index (χ2n) is 7.18. The Morgan fingerprint density at radius 1 is 1.26 bits per heavy atom. The third kappa shape index (κ3) is 5.76. The molecule has 1 rings (SSSR count). The fraction of sp³-hybridized carbons (Fsp3) is 0.938. The van der Waals surface area contributed by atoms with Gasteiger partial charge in [-0.3, -0.25) is 4.79 Å². The van der Waals surface area contributed by atoms with Crippen LogP contribution in [-0.2, 0) is 4.79 Å². The highest BCUT2D eigenvalue weighted by molar-refractivity contribution is 7.99. The molecular formula is C16H31NOS. The molecule has 2 atom stereocenters. The van der Waals surface area contributed by atoms with E-state index in [1.54, 1.807) is 0 Å². The summed E-state index contributed by atoms with van der Waals surface area (Å²) < 4.78 is 0. The summed E-state index contributed by atoms with van der Waals surface area (Å²) in [6.45, 7) is 11.8. The van der Waals surface area contributed by atoms with E-state index in [4.69, 9.17) is 0 Å². The SMILES string of the molecule is CCC(C)(C)CC(C)(CC)CSC[C@@H]1CCC(=O)N1. The molecule has 1 amide bonds. The molecule has 1 unspecified atom stereocenters. The van der Waals surface area contributed by atoms with Crippen molar-refractivity contribution in [2.45, 2.75) is 72.8 Å². The number of carbonyl (C=O) groups excluding carboxylic acids is 1. The van der Waals surface area contributed by atoms with Gasteiger partial charge in [-0.1, -0.05) is 41.0 Å². The molecule has 1 fully saturated rings. The van der Waals surface area contributed by atoms with E-state index in [9.17, 15) is 4.79 Å². The number of nitrogens with one attached hydrogen (secondary N) is 1. The number of carbonyl (C=O) groups is 1. The van der Waals surface area contributed by atoms with Crippen molar-refractivity contribution in [3.05, 3.63) is 0 Å². The summed E-state index contributed by atoms with van der Waals surface area (Å²) >= 11 is 2.02. The molecular weight excluding hydrogens is 254 g/mol. The van der Waals surface area contributed by atoms with Crippen LogP contribution < -0.4 is 5.32 Å². The fourth-order valence-electron chi connectivity index (χ4n) is 2.81. The van der Waals surface area contributed by atoms with Gasteiger partial charge in [-0.05, 0) is 35.8 Å². The van der Waals surface area contributed by atoms with Crippen molar-refractivity contribution in [3.63, 3.8) is 0 Å². The summed E-state index contributed by atoms with van der Waals surface area (Å²) in [5, 5.41) is 3.06. The zero-order valence-electron chi connectivity index (χ0n) is 13.3. The molecule has 1 saturated heterocycles. The highest BCUT2D eigenvalue weighted by Gasteiger charge is 2.30. The van der Waals surface area contributed by atoms with E-state index in [0.717, 1.165) is 18.6 Å². The average Bonchev–Trinajstić information content (AvgIpc) is 2.74. The van der Waals surface area contributed by atoms with E-state index >= 15 is 0 Å². The minimum Gasteiger partial charge on any atom is -0.353 e. The van der Waals surface area contributed by atoms with Crippen molar-refractivity contribution < 1.29 is 4.79 Å². The summed E-state index contributed by atoms with van der Waals surface area (Å²) in [7, 11) is 0. The highest BCUT2D eigenvalue weighted by atomic mass is 32.2. The number of amides is 1. The van der Waals surface area contributed by atoms with Gasteiger partial charge in [0.05, 0.1) is 0 Å². The first kappa shape index (κ1) is 16.9. The molecule has 112 valence electrons. The monoisotopic (exact) mass is 285 g/mol. The van der Waals surface area contributed by atoms with Gasteiger partial charge in [-0.25, -0.2) is 0 Å². The third-order valence-electron chi connectivity index (χ3n) is 4.57. The normalized spacial score (nSPS) is 23.2. The molecule has 1 N–H and O–H groups in total. The van der Waals surface area contributed by atoms with Gasteiger partial charge < -0.3 is 5.32 Å². The maximum atomic E-state index is 11.2. The Bertz CT molecular complexity index is 303. The molecule has 1 aliphatic rings. The van der Waals surface area contributed by atoms with E-state index in [1.165, 1.54) is 25.0 Å². The Morgan fingerprint density at radius 2 is 1.95 bits per heavy atom. The molecule has 19 heavy (non-hydrogen) atoms. The summed E-state index contributed by atoms with van der Waals surface area (Å²) in [4.78, 5) is 11.2. The van der Waals surface area contributed by atoms with Crippen molar-refractivity contribution in [2.24, 2.45) is 10.8 Å². The molecule has 3 heteroatoms.